The lowest BCUT2D eigenvalue weighted by Gasteiger charge is -2.07. The summed E-state index contributed by atoms with van der Waals surface area (Å²) in [5, 5.41) is 11.1. The van der Waals surface area contributed by atoms with Crippen LogP contribution in [0.3, 0.4) is 0 Å². The lowest BCUT2D eigenvalue weighted by molar-refractivity contribution is -0.137. The Morgan fingerprint density at radius 3 is 2.67 bits per heavy atom. The summed E-state index contributed by atoms with van der Waals surface area (Å²) in [6.45, 7) is 0. The van der Waals surface area contributed by atoms with Gasteiger partial charge in [0.1, 0.15) is 5.75 Å². The maximum atomic E-state index is 11.5. The summed E-state index contributed by atoms with van der Waals surface area (Å²) in [6.07, 6.45) is 0.522. The molecule has 0 saturated heterocycles. The molecule has 0 unspecified atom stereocenters. The number of aliphatic carboxylic acids is 1. The first-order valence-corrected chi connectivity index (χ1v) is 6.17. The number of amides is 1. The van der Waals surface area contributed by atoms with E-state index in [1.54, 1.807) is 25.3 Å². The van der Waals surface area contributed by atoms with Crippen molar-refractivity contribution in [2.45, 2.75) is 19.3 Å². The van der Waals surface area contributed by atoms with Crippen LogP contribution in [0, 0.1) is 0 Å². The van der Waals surface area contributed by atoms with E-state index >= 15 is 0 Å². The summed E-state index contributed by atoms with van der Waals surface area (Å²) >= 11 is 3.31. The Kier molecular flexibility index (Phi) is 5.64. The number of rotatable bonds is 6. The van der Waals surface area contributed by atoms with Crippen LogP contribution in [-0.2, 0) is 9.59 Å². The maximum Gasteiger partial charge on any atom is 0.303 e. The number of anilines is 1. The predicted octanol–water partition coefficient (Wildman–Crippen LogP) is 2.65. The SMILES string of the molecule is COc1ccc(NC(=O)CCCC(=O)O)cc1Br. The summed E-state index contributed by atoms with van der Waals surface area (Å²) in [6, 6.07) is 5.18. The molecule has 0 saturated carbocycles. The van der Waals surface area contributed by atoms with Crippen LogP contribution >= 0.6 is 15.9 Å². The van der Waals surface area contributed by atoms with E-state index in [-0.39, 0.29) is 18.7 Å². The minimum absolute atomic E-state index is 0.000271. The summed E-state index contributed by atoms with van der Waals surface area (Å²) < 4.78 is 5.82. The van der Waals surface area contributed by atoms with Gasteiger partial charge in [-0.05, 0) is 40.5 Å². The molecular weight excluding hydrogens is 302 g/mol. The largest absolute Gasteiger partial charge is 0.496 e. The van der Waals surface area contributed by atoms with Gasteiger partial charge in [-0.15, -0.1) is 0 Å². The maximum absolute atomic E-state index is 11.5. The van der Waals surface area contributed by atoms with Gasteiger partial charge in [-0.2, -0.15) is 0 Å². The molecule has 0 fully saturated rings. The van der Waals surface area contributed by atoms with E-state index < -0.39 is 5.97 Å². The third-order valence-electron chi connectivity index (χ3n) is 2.23. The number of methoxy groups -OCH3 is 1. The first-order valence-electron chi connectivity index (χ1n) is 5.38. The molecule has 98 valence electrons. The molecule has 0 radical (unpaired) electrons. The van der Waals surface area contributed by atoms with Gasteiger partial charge < -0.3 is 15.2 Å². The minimum Gasteiger partial charge on any atom is -0.496 e. The smallest absolute Gasteiger partial charge is 0.303 e. The van der Waals surface area contributed by atoms with E-state index in [9.17, 15) is 9.59 Å². The highest BCUT2D eigenvalue weighted by molar-refractivity contribution is 9.10. The van der Waals surface area contributed by atoms with Gasteiger partial charge >= 0.3 is 5.97 Å². The standard InChI is InChI=1S/C12H14BrNO4/c1-18-10-6-5-8(7-9(10)13)14-11(15)3-2-4-12(16)17/h5-7H,2-4H2,1H3,(H,14,15)(H,16,17). The van der Waals surface area contributed by atoms with Crippen molar-refractivity contribution in [3.8, 4) is 5.75 Å². The van der Waals surface area contributed by atoms with Gasteiger partial charge in [-0.3, -0.25) is 9.59 Å². The molecule has 5 nitrogen and oxygen atoms in total. The van der Waals surface area contributed by atoms with Crippen LogP contribution in [0.1, 0.15) is 19.3 Å². The molecular formula is C12H14BrNO4. The number of carbonyl (C=O) groups is 2. The van der Waals surface area contributed by atoms with Crippen molar-refractivity contribution < 1.29 is 19.4 Å². The number of ether oxygens (including phenoxy) is 1. The number of nitrogens with one attached hydrogen (secondary N) is 1. The first kappa shape index (κ1) is 14.5. The highest BCUT2D eigenvalue weighted by Crippen LogP contribution is 2.27. The molecule has 0 aromatic heterocycles. The molecule has 1 aromatic rings. The monoisotopic (exact) mass is 315 g/mol. The van der Waals surface area contributed by atoms with Crippen LogP contribution in [0.4, 0.5) is 5.69 Å². The van der Waals surface area contributed by atoms with Crippen LogP contribution in [-0.4, -0.2) is 24.1 Å². The number of carbonyl (C=O) groups excluding carboxylic acids is 1. The highest BCUT2D eigenvalue weighted by Gasteiger charge is 2.06. The van der Waals surface area contributed by atoms with Gasteiger partial charge in [0.25, 0.3) is 0 Å². The van der Waals surface area contributed by atoms with Crippen molar-refractivity contribution in [1.29, 1.82) is 0 Å². The Bertz CT molecular complexity index is 448. The Morgan fingerprint density at radius 2 is 2.11 bits per heavy atom. The molecule has 1 rings (SSSR count). The second-order valence-corrected chi connectivity index (χ2v) is 4.50. The topological polar surface area (TPSA) is 75.6 Å². The van der Waals surface area contributed by atoms with E-state index in [2.05, 4.69) is 21.2 Å². The molecule has 1 aromatic carbocycles. The number of carboxylic acids is 1. The molecule has 0 atom stereocenters. The Labute approximate surface area is 113 Å². The zero-order chi connectivity index (χ0) is 13.5. The Morgan fingerprint density at radius 1 is 1.39 bits per heavy atom. The van der Waals surface area contributed by atoms with Gasteiger partial charge in [0.2, 0.25) is 5.91 Å². The third-order valence-corrected chi connectivity index (χ3v) is 2.85. The third kappa shape index (κ3) is 4.75. The van der Waals surface area contributed by atoms with Gasteiger partial charge in [0, 0.05) is 18.5 Å². The zero-order valence-corrected chi connectivity index (χ0v) is 11.5. The van der Waals surface area contributed by atoms with Crippen molar-refractivity contribution in [3.05, 3.63) is 22.7 Å². The molecule has 0 aliphatic rings. The average molecular weight is 316 g/mol. The normalized spacial score (nSPS) is 9.89. The first-order chi connectivity index (χ1) is 8.52. The predicted molar refractivity (Wildman–Crippen MR) is 70.8 cm³/mol. The lowest BCUT2D eigenvalue weighted by Crippen LogP contribution is -2.11. The number of halogens is 1. The van der Waals surface area contributed by atoms with Crippen LogP contribution in [0.15, 0.2) is 22.7 Å². The van der Waals surface area contributed by atoms with Crippen LogP contribution in [0.2, 0.25) is 0 Å². The van der Waals surface area contributed by atoms with Crippen molar-refractivity contribution in [3.63, 3.8) is 0 Å². The Balaban J connectivity index is 2.49. The summed E-state index contributed by atoms with van der Waals surface area (Å²) in [5.74, 6) is -0.415. The number of hydrogen-bond donors (Lipinski definition) is 2. The fourth-order valence-electron chi connectivity index (χ4n) is 1.37. The fraction of sp³-hybridized carbons (Fsp3) is 0.333. The summed E-state index contributed by atoms with van der Waals surface area (Å²) in [4.78, 5) is 21.8. The number of carboxylic acid groups (broad SMARTS) is 1. The van der Waals surface area contributed by atoms with Crippen LogP contribution in [0.5, 0.6) is 5.75 Å². The molecule has 0 aliphatic heterocycles. The van der Waals surface area contributed by atoms with Gasteiger partial charge in [0.15, 0.2) is 0 Å². The van der Waals surface area contributed by atoms with Gasteiger partial charge in [0.05, 0.1) is 11.6 Å². The van der Waals surface area contributed by atoms with Crippen molar-refractivity contribution >= 4 is 33.5 Å². The summed E-state index contributed by atoms with van der Waals surface area (Å²) in [5.41, 5.74) is 0.642. The Hall–Kier alpha value is -1.56. The van der Waals surface area contributed by atoms with Crippen molar-refractivity contribution in [1.82, 2.24) is 0 Å². The molecule has 18 heavy (non-hydrogen) atoms. The van der Waals surface area contributed by atoms with Crippen molar-refractivity contribution in [2.24, 2.45) is 0 Å². The average Bonchev–Trinajstić information content (AvgIpc) is 2.28. The van der Waals surface area contributed by atoms with E-state index in [1.165, 1.54) is 0 Å². The lowest BCUT2D eigenvalue weighted by atomic mass is 10.2. The molecule has 0 bridgehead atoms. The van der Waals surface area contributed by atoms with Crippen molar-refractivity contribution in [2.75, 3.05) is 12.4 Å². The number of benzene rings is 1. The van der Waals surface area contributed by atoms with E-state index in [0.29, 0.717) is 17.9 Å². The second-order valence-electron chi connectivity index (χ2n) is 3.64. The van der Waals surface area contributed by atoms with E-state index in [1.807, 2.05) is 0 Å². The van der Waals surface area contributed by atoms with E-state index in [4.69, 9.17) is 9.84 Å². The quantitative estimate of drug-likeness (QED) is 0.846. The number of hydrogen-bond acceptors (Lipinski definition) is 3. The second kappa shape index (κ2) is 7.00. The van der Waals surface area contributed by atoms with Gasteiger partial charge in [-0.25, -0.2) is 0 Å². The molecule has 0 spiro atoms. The van der Waals surface area contributed by atoms with Crippen LogP contribution < -0.4 is 10.1 Å². The molecule has 2 N–H and O–H groups in total. The van der Waals surface area contributed by atoms with E-state index in [0.717, 1.165) is 4.47 Å². The molecule has 1 amide bonds. The van der Waals surface area contributed by atoms with Crippen LogP contribution in [0.25, 0.3) is 0 Å². The molecule has 0 heterocycles. The molecule has 6 heteroatoms. The van der Waals surface area contributed by atoms with Gasteiger partial charge in [-0.1, -0.05) is 0 Å². The molecule has 0 aliphatic carbocycles. The zero-order valence-electron chi connectivity index (χ0n) is 9.90. The highest BCUT2D eigenvalue weighted by atomic mass is 79.9. The minimum atomic E-state index is -0.894. The summed E-state index contributed by atoms with van der Waals surface area (Å²) in [7, 11) is 1.56. The fourth-order valence-corrected chi connectivity index (χ4v) is 1.91.